The second-order valence-electron chi connectivity index (χ2n) is 7.19. The number of pyridine rings is 2. The molecule has 0 saturated heterocycles. The van der Waals surface area contributed by atoms with Crippen LogP contribution in [-0.4, -0.2) is 95.0 Å². The van der Waals surface area contributed by atoms with Crippen molar-refractivity contribution in [3.8, 4) is 11.5 Å². The summed E-state index contributed by atoms with van der Waals surface area (Å²) in [5.74, 6) is -0.273. The van der Waals surface area contributed by atoms with Gasteiger partial charge < -0.3 is 19.3 Å². The smallest absolute Gasteiger partial charge is 0.744 e. The van der Waals surface area contributed by atoms with Gasteiger partial charge in [-0.25, -0.2) is 26.8 Å². The summed E-state index contributed by atoms with van der Waals surface area (Å²) < 4.78 is 67.0. The fourth-order valence-corrected chi connectivity index (χ4v) is 4.71. The SMILES string of the molecule is CCc1cc(S(=O)(=O)[O-])c2cccc(O)c2n1.CCc1cc(S(=O)(=O)[O-])c2cccc(O)c2n1.[Ba+2]. The number of fused-ring (bicyclic) bond motifs is 2. The summed E-state index contributed by atoms with van der Waals surface area (Å²) in [7, 11) is -9.16. The second-order valence-corrected chi connectivity index (χ2v) is 9.88. The quantitative estimate of drug-likeness (QED) is 0.248. The maximum absolute atomic E-state index is 11.2. The zero-order valence-electron chi connectivity index (χ0n) is 18.8. The molecule has 13 heteroatoms. The third-order valence-corrected chi connectivity index (χ3v) is 6.68. The van der Waals surface area contributed by atoms with Crippen LogP contribution in [0.15, 0.2) is 58.3 Å². The van der Waals surface area contributed by atoms with E-state index in [-0.39, 0.29) is 92.0 Å². The molecule has 0 spiro atoms. The van der Waals surface area contributed by atoms with Crippen molar-refractivity contribution in [1.29, 1.82) is 0 Å². The Labute approximate surface area is 242 Å². The van der Waals surface area contributed by atoms with E-state index in [1.807, 2.05) is 0 Å². The summed E-state index contributed by atoms with van der Waals surface area (Å²) in [4.78, 5) is 7.55. The summed E-state index contributed by atoms with van der Waals surface area (Å²) in [6.07, 6.45) is 0.958. The molecule has 0 atom stereocenters. The van der Waals surface area contributed by atoms with E-state index in [1.54, 1.807) is 13.8 Å². The van der Waals surface area contributed by atoms with Crippen molar-refractivity contribution in [3.05, 3.63) is 59.9 Å². The fourth-order valence-electron chi connectivity index (χ4n) is 3.28. The van der Waals surface area contributed by atoms with Crippen LogP contribution in [-0.2, 0) is 33.1 Å². The number of hydrogen-bond acceptors (Lipinski definition) is 10. The van der Waals surface area contributed by atoms with Gasteiger partial charge in [0.1, 0.15) is 42.8 Å². The monoisotopic (exact) mass is 642 g/mol. The Balaban J connectivity index is 0.000000240. The predicted molar refractivity (Wildman–Crippen MR) is 127 cm³/mol. The number of aryl methyl sites for hydroxylation is 2. The van der Waals surface area contributed by atoms with Gasteiger partial charge in [0.05, 0.1) is 9.79 Å². The van der Waals surface area contributed by atoms with Gasteiger partial charge in [-0.2, -0.15) is 0 Å². The molecule has 0 radical (unpaired) electrons. The van der Waals surface area contributed by atoms with Crippen molar-refractivity contribution in [3.63, 3.8) is 0 Å². The van der Waals surface area contributed by atoms with E-state index in [1.165, 1.54) is 48.5 Å². The van der Waals surface area contributed by atoms with Crippen LogP contribution < -0.4 is 0 Å². The maximum atomic E-state index is 11.2. The molecule has 0 amide bonds. The Hall–Kier alpha value is -1.75. The summed E-state index contributed by atoms with van der Waals surface area (Å²) in [6, 6.07) is 11.2. The van der Waals surface area contributed by atoms with E-state index in [4.69, 9.17) is 0 Å². The van der Waals surface area contributed by atoms with Gasteiger partial charge >= 0.3 is 48.9 Å². The first-order chi connectivity index (χ1) is 15.9. The minimum Gasteiger partial charge on any atom is -0.744 e. The molecule has 2 N–H and O–H groups in total. The molecular weight excluding hydrogens is 622 g/mol. The largest absolute Gasteiger partial charge is 2.00 e. The van der Waals surface area contributed by atoms with Crippen molar-refractivity contribution in [1.82, 2.24) is 9.97 Å². The predicted octanol–water partition coefficient (Wildman–Crippen LogP) is 2.43. The van der Waals surface area contributed by atoms with Crippen molar-refractivity contribution in [2.45, 2.75) is 36.5 Å². The average Bonchev–Trinajstić information content (AvgIpc) is 2.77. The molecule has 4 aromatic rings. The first-order valence-corrected chi connectivity index (χ1v) is 12.8. The standard InChI is InChI=1S/2C11H11NO4S.Ba/c2*1-2-7-6-10(17(14,15)16)8-4-3-5-9(13)11(8)12-7;/h2*3-6,13H,2H2,1H3,(H,14,15,16);/q;;+2/p-2. The van der Waals surface area contributed by atoms with E-state index >= 15 is 0 Å². The summed E-state index contributed by atoms with van der Waals surface area (Å²) >= 11 is 0. The topological polar surface area (TPSA) is 181 Å². The van der Waals surface area contributed by atoms with E-state index in [0.29, 0.717) is 24.2 Å². The van der Waals surface area contributed by atoms with Gasteiger partial charge in [0.25, 0.3) is 0 Å². The van der Waals surface area contributed by atoms with E-state index in [2.05, 4.69) is 9.97 Å². The third-order valence-electron chi connectivity index (χ3n) is 4.93. The molecule has 0 unspecified atom stereocenters. The van der Waals surface area contributed by atoms with Gasteiger partial charge in [-0.3, -0.25) is 0 Å². The van der Waals surface area contributed by atoms with Gasteiger partial charge in [-0.15, -0.1) is 0 Å². The van der Waals surface area contributed by atoms with Crippen LogP contribution in [0.25, 0.3) is 21.8 Å². The Kier molecular flexibility index (Phi) is 9.72. The van der Waals surface area contributed by atoms with E-state index < -0.39 is 20.2 Å². The number of benzene rings is 2. The van der Waals surface area contributed by atoms with Crippen LogP contribution in [0.4, 0.5) is 0 Å². The molecule has 0 aliphatic heterocycles. The van der Waals surface area contributed by atoms with Crippen molar-refractivity contribution < 1.29 is 36.2 Å². The van der Waals surface area contributed by atoms with E-state index in [0.717, 1.165) is 0 Å². The Morgan fingerprint density at radius 1 is 0.714 bits per heavy atom. The minimum absolute atomic E-state index is 0. The maximum Gasteiger partial charge on any atom is 2.00 e. The number of phenols is 2. The van der Waals surface area contributed by atoms with Crippen LogP contribution in [0.1, 0.15) is 25.2 Å². The van der Waals surface area contributed by atoms with Crippen LogP contribution in [0, 0.1) is 0 Å². The molecule has 0 aliphatic rings. The molecule has 2 aromatic carbocycles. The van der Waals surface area contributed by atoms with E-state index in [9.17, 15) is 36.2 Å². The van der Waals surface area contributed by atoms with Crippen molar-refractivity contribution in [2.24, 2.45) is 0 Å². The van der Waals surface area contributed by atoms with Crippen LogP contribution in [0.2, 0.25) is 0 Å². The van der Waals surface area contributed by atoms with Gasteiger partial charge in [0, 0.05) is 22.2 Å². The molecule has 35 heavy (non-hydrogen) atoms. The van der Waals surface area contributed by atoms with Crippen molar-refractivity contribution >= 4 is 90.9 Å². The minimum atomic E-state index is -4.58. The van der Waals surface area contributed by atoms with Crippen LogP contribution in [0.3, 0.4) is 0 Å². The number of nitrogens with zero attached hydrogens (tertiary/aromatic N) is 2. The normalized spacial score (nSPS) is 11.5. The number of rotatable bonds is 4. The second kappa shape index (κ2) is 11.5. The van der Waals surface area contributed by atoms with Crippen molar-refractivity contribution in [2.75, 3.05) is 0 Å². The van der Waals surface area contributed by atoms with Gasteiger partial charge in [-0.05, 0) is 37.1 Å². The Morgan fingerprint density at radius 3 is 1.34 bits per heavy atom. The summed E-state index contributed by atoms with van der Waals surface area (Å²) in [5, 5.41) is 19.5. The molecule has 180 valence electrons. The molecule has 2 aromatic heterocycles. The first kappa shape index (κ1) is 29.5. The molecule has 0 fully saturated rings. The van der Waals surface area contributed by atoms with Crippen LogP contribution >= 0.6 is 0 Å². The Morgan fingerprint density at radius 2 is 1.06 bits per heavy atom. The van der Waals surface area contributed by atoms with Gasteiger partial charge in [-0.1, -0.05) is 38.1 Å². The molecular formula is C22H20BaN2O8S2. The number of aromatic hydroxyl groups is 2. The van der Waals surface area contributed by atoms with Gasteiger partial charge in [0.2, 0.25) is 0 Å². The summed E-state index contributed by atoms with van der Waals surface area (Å²) in [5.41, 5.74) is 1.18. The molecule has 0 aliphatic carbocycles. The third kappa shape index (κ3) is 6.72. The number of hydrogen-bond donors (Lipinski definition) is 2. The Bertz CT molecular complexity index is 1490. The average molecular weight is 642 g/mol. The summed E-state index contributed by atoms with van der Waals surface area (Å²) in [6.45, 7) is 3.57. The van der Waals surface area contributed by atoms with Gasteiger partial charge in [0.15, 0.2) is 0 Å². The zero-order chi connectivity index (χ0) is 25.3. The molecule has 10 nitrogen and oxygen atoms in total. The number of aromatic nitrogens is 2. The first-order valence-electron chi connectivity index (χ1n) is 10.0. The molecule has 0 bridgehead atoms. The van der Waals surface area contributed by atoms with Crippen LogP contribution in [0.5, 0.6) is 11.5 Å². The molecule has 2 heterocycles. The number of para-hydroxylation sites is 2. The zero-order valence-corrected chi connectivity index (χ0v) is 24.9. The number of phenolic OH excluding ortho intramolecular Hbond substituents is 2. The fraction of sp³-hybridized carbons (Fsp3) is 0.182. The molecule has 4 rings (SSSR count). The molecule has 0 saturated carbocycles.